The minimum atomic E-state index is -0.922. The fourth-order valence-electron chi connectivity index (χ4n) is 1.68. The van der Waals surface area contributed by atoms with Crippen LogP contribution < -0.4 is 5.73 Å². The lowest BCUT2D eigenvalue weighted by molar-refractivity contribution is 0.103. The van der Waals surface area contributed by atoms with E-state index in [0.29, 0.717) is 0 Å². The van der Waals surface area contributed by atoms with E-state index in [1.165, 1.54) is 13.0 Å². The lowest BCUT2D eigenvalue weighted by atomic mass is 10.0. The van der Waals surface area contributed by atoms with Crippen molar-refractivity contribution in [2.24, 2.45) is 0 Å². The van der Waals surface area contributed by atoms with Crippen molar-refractivity contribution in [3.05, 3.63) is 64.5 Å². The number of anilines is 1. The van der Waals surface area contributed by atoms with E-state index in [1.54, 1.807) is 0 Å². The molecule has 2 aromatic carbocycles. The van der Waals surface area contributed by atoms with Gasteiger partial charge in [-0.05, 0) is 42.8 Å². The number of ketones is 1. The third-order valence-electron chi connectivity index (χ3n) is 2.73. The van der Waals surface area contributed by atoms with Crippen LogP contribution in [0.15, 0.2) is 30.3 Å². The first-order valence-corrected chi connectivity index (χ1v) is 5.45. The highest BCUT2D eigenvalue weighted by Crippen LogP contribution is 2.20. The van der Waals surface area contributed by atoms with Gasteiger partial charge in [-0.25, -0.2) is 13.2 Å². The number of nitrogens with two attached hydrogens (primary N) is 1. The number of halogens is 3. The summed E-state index contributed by atoms with van der Waals surface area (Å²) in [4.78, 5) is 12.0. The van der Waals surface area contributed by atoms with E-state index in [-0.39, 0.29) is 16.8 Å². The Bertz CT molecular complexity index is 668. The van der Waals surface area contributed by atoms with Crippen LogP contribution in [0.25, 0.3) is 0 Å². The molecule has 0 aliphatic carbocycles. The number of hydrogen-bond acceptors (Lipinski definition) is 2. The highest BCUT2D eigenvalue weighted by molar-refractivity contribution is 6.09. The van der Waals surface area contributed by atoms with Crippen LogP contribution in [0.1, 0.15) is 21.5 Å². The van der Waals surface area contributed by atoms with E-state index in [2.05, 4.69) is 0 Å². The zero-order chi connectivity index (χ0) is 14.2. The van der Waals surface area contributed by atoms with Crippen LogP contribution in [-0.2, 0) is 0 Å². The summed E-state index contributed by atoms with van der Waals surface area (Å²) in [5, 5.41) is 0. The second-order valence-corrected chi connectivity index (χ2v) is 4.15. The van der Waals surface area contributed by atoms with Crippen LogP contribution in [-0.4, -0.2) is 5.78 Å². The number of benzene rings is 2. The first-order chi connectivity index (χ1) is 8.90. The Balaban J connectivity index is 2.53. The molecule has 0 aliphatic heterocycles. The predicted molar refractivity (Wildman–Crippen MR) is 65.3 cm³/mol. The number of hydrogen-bond donors (Lipinski definition) is 1. The number of aryl methyl sites for hydroxylation is 1. The Labute approximate surface area is 107 Å². The monoisotopic (exact) mass is 265 g/mol. The standard InChI is InChI=1S/C14H10F3NO/c1-7-4-12(16)10(6-11(7)15)14(19)9-3-2-8(18)5-13(9)17/h2-6H,18H2,1H3. The molecule has 0 bridgehead atoms. The van der Waals surface area contributed by atoms with Crippen LogP contribution in [0.3, 0.4) is 0 Å². The quantitative estimate of drug-likeness (QED) is 0.669. The highest BCUT2D eigenvalue weighted by atomic mass is 19.1. The average Bonchev–Trinajstić information content (AvgIpc) is 2.33. The van der Waals surface area contributed by atoms with E-state index in [0.717, 1.165) is 24.3 Å². The van der Waals surface area contributed by atoms with Crippen LogP contribution in [0, 0.1) is 24.4 Å². The normalized spacial score (nSPS) is 10.5. The zero-order valence-corrected chi connectivity index (χ0v) is 10.0. The molecular weight excluding hydrogens is 255 g/mol. The molecule has 2 aromatic rings. The summed E-state index contributed by atoms with van der Waals surface area (Å²) in [5.74, 6) is -3.40. The molecule has 5 heteroatoms. The minimum absolute atomic E-state index is 0.0758. The molecular formula is C14H10F3NO. The second kappa shape index (κ2) is 4.76. The third-order valence-corrected chi connectivity index (χ3v) is 2.73. The zero-order valence-electron chi connectivity index (χ0n) is 10.0. The van der Waals surface area contributed by atoms with Gasteiger partial charge in [-0.2, -0.15) is 0 Å². The summed E-state index contributed by atoms with van der Waals surface area (Å²) in [6, 6.07) is 5.08. The van der Waals surface area contributed by atoms with E-state index >= 15 is 0 Å². The Morgan fingerprint density at radius 1 is 0.947 bits per heavy atom. The van der Waals surface area contributed by atoms with Gasteiger partial charge in [0.2, 0.25) is 0 Å². The summed E-state index contributed by atoms with van der Waals surface area (Å²) in [6.07, 6.45) is 0. The van der Waals surface area contributed by atoms with Gasteiger partial charge < -0.3 is 5.73 Å². The van der Waals surface area contributed by atoms with Crippen LogP contribution >= 0.6 is 0 Å². The van der Waals surface area contributed by atoms with Crippen molar-refractivity contribution in [3.63, 3.8) is 0 Å². The molecule has 2 rings (SSSR count). The summed E-state index contributed by atoms with van der Waals surface area (Å²) in [6.45, 7) is 1.37. The number of carbonyl (C=O) groups excluding carboxylic acids is 1. The molecule has 0 fully saturated rings. The maximum Gasteiger partial charge on any atom is 0.199 e. The van der Waals surface area contributed by atoms with Crippen molar-refractivity contribution in [1.29, 1.82) is 0 Å². The third kappa shape index (κ3) is 2.45. The Morgan fingerprint density at radius 3 is 2.21 bits per heavy atom. The van der Waals surface area contributed by atoms with Crippen LogP contribution in [0.4, 0.5) is 18.9 Å². The van der Waals surface area contributed by atoms with Crippen molar-refractivity contribution < 1.29 is 18.0 Å². The Morgan fingerprint density at radius 2 is 1.58 bits per heavy atom. The fourth-order valence-corrected chi connectivity index (χ4v) is 1.68. The molecule has 2 N–H and O–H groups in total. The van der Waals surface area contributed by atoms with Gasteiger partial charge in [0, 0.05) is 5.69 Å². The fraction of sp³-hybridized carbons (Fsp3) is 0.0714. The molecule has 0 saturated heterocycles. The van der Waals surface area contributed by atoms with Crippen LogP contribution in [0.2, 0.25) is 0 Å². The van der Waals surface area contributed by atoms with Gasteiger partial charge in [0.15, 0.2) is 5.78 Å². The van der Waals surface area contributed by atoms with Gasteiger partial charge in [0.25, 0.3) is 0 Å². The summed E-state index contributed by atoms with van der Waals surface area (Å²) >= 11 is 0. The molecule has 0 saturated carbocycles. The van der Waals surface area contributed by atoms with Crippen molar-refractivity contribution in [3.8, 4) is 0 Å². The van der Waals surface area contributed by atoms with E-state index in [9.17, 15) is 18.0 Å². The molecule has 0 amide bonds. The Kier molecular flexibility index (Phi) is 3.29. The average molecular weight is 265 g/mol. The molecule has 0 aromatic heterocycles. The van der Waals surface area contributed by atoms with Gasteiger partial charge in [-0.1, -0.05) is 0 Å². The summed E-state index contributed by atoms with van der Waals surface area (Å²) in [7, 11) is 0. The summed E-state index contributed by atoms with van der Waals surface area (Å²) in [5.41, 5.74) is 4.72. The van der Waals surface area contributed by atoms with E-state index in [1.807, 2.05) is 0 Å². The summed E-state index contributed by atoms with van der Waals surface area (Å²) < 4.78 is 40.6. The number of nitrogen functional groups attached to an aromatic ring is 1. The molecule has 19 heavy (non-hydrogen) atoms. The smallest absolute Gasteiger partial charge is 0.199 e. The first-order valence-electron chi connectivity index (χ1n) is 5.45. The molecule has 0 heterocycles. The lowest BCUT2D eigenvalue weighted by Gasteiger charge is -2.06. The number of rotatable bonds is 2. The lowest BCUT2D eigenvalue weighted by Crippen LogP contribution is -2.08. The van der Waals surface area contributed by atoms with Crippen molar-refractivity contribution >= 4 is 11.5 Å². The maximum absolute atomic E-state index is 13.6. The van der Waals surface area contributed by atoms with E-state index < -0.39 is 28.8 Å². The molecule has 0 unspecified atom stereocenters. The van der Waals surface area contributed by atoms with Crippen LogP contribution in [0.5, 0.6) is 0 Å². The van der Waals surface area contributed by atoms with Gasteiger partial charge >= 0.3 is 0 Å². The molecule has 0 radical (unpaired) electrons. The minimum Gasteiger partial charge on any atom is -0.399 e. The molecule has 0 aliphatic rings. The van der Waals surface area contributed by atoms with Crippen molar-refractivity contribution in [1.82, 2.24) is 0 Å². The molecule has 0 atom stereocenters. The molecule has 98 valence electrons. The maximum atomic E-state index is 13.6. The largest absolute Gasteiger partial charge is 0.399 e. The molecule has 0 spiro atoms. The van der Waals surface area contributed by atoms with E-state index in [4.69, 9.17) is 5.73 Å². The topological polar surface area (TPSA) is 43.1 Å². The van der Waals surface area contributed by atoms with Crippen molar-refractivity contribution in [2.75, 3.05) is 5.73 Å². The van der Waals surface area contributed by atoms with Crippen molar-refractivity contribution in [2.45, 2.75) is 6.92 Å². The van der Waals surface area contributed by atoms with Gasteiger partial charge in [0.05, 0.1) is 11.1 Å². The second-order valence-electron chi connectivity index (χ2n) is 4.15. The number of carbonyl (C=O) groups is 1. The highest BCUT2D eigenvalue weighted by Gasteiger charge is 2.19. The van der Waals surface area contributed by atoms with Gasteiger partial charge in [0.1, 0.15) is 17.5 Å². The molecule has 2 nitrogen and oxygen atoms in total. The predicted octanol–water partition coefficient (Wildman–Crippen LogP) is 3.23. The Hall–Kier alpha value is -2.30. The first kappa shape index (κ1) is 13.1. The van der Waals surface area contributed by atoms with Gasteiger partial charge in [-0.3, -0.25) is 4.79 Å². The van der Waals surface area contributed by atoms with Gasteiger partial charge in [-0.15, -0.1) is 0 Å². The SMILES string of the molecule is Cc1cc(F)c(C(=O)c2ccc(N)cc2F)cc1F.